The molecule has 5 nitrogen and oxygen atoms in total. The molecule has 1 saturated heterocycles. The molecule has 0 spiro atoms. The summed E-state index contributed by atoms with van der Waals surface area (Å²) in [4.78, 5) is 11.0. The predicted octanol–water partition coefficient (Wildman–Crippen LogP) is 0.356. The van der Waals surface area contributed by atoms with Crippen molar-refractivity contribution >= 4 is 5.95 Å². The van der Waals surface area contributed by atoms with Gasteiger partial charge in [-0.3, -0.25) is 4.90 Å². The maximum Gasteiger partial charge on any atom is 0.222 e. The minimum Gasteiger partial charge on any atom is -0.353 e. The zero-order valence-corrected chi connectivity index (χ0v) is 10.4. The number of piperazine rings is 1. The standard InChI is InChI=1S/C12H21N5/c1-2-11-9-15-12(16-10-11)14-5-8-17-6-3-13-4-7-17/h9-10,13H,2-8H2,1H3,(H,14,15,16). The van der Waals surface area contributed by atoms with Crippen molar-refractivity contribution in [2.75, 3.05) is 44.6 Å². The molecule has 1 aliphatic rings. The molecule has 1 aromatic heterocycles. The average Bonchev–Trinajstić information content (AvgIpc) is 2.41. The van der Waals surface area contributed by atoms with E-state index >= 15 is 0 Å². The number of hydrogen-bond donors (Lipinski definition) is 2. The Balaban J connectivity index is 1.69. The Morgan fingerprint density at radius 1 is 1.29 bits per heavy atom. The van der Waals surface area contributed by atoms with E-state index in [-0.39, 0.29) is 0 Å². The molecule has 1 fully saturated rings. The van der Waals surface area contributed by atoms with Crippen molar-refractivity contribution in [1.82, 2.24) is 20.2 Å². The van der Waals surface area contributed by atoms with Gasteiger partial charge in [-0.15, -0.1) is 0 Å². The zero-order chi connectivity index (χ0) is 11.9. The highest BCUT2D eigenvalue weighted by Gasteiger charge is 2.08. The summed E-state index contributed by atoms with van der Waals surface area (Å²) < 4.78 is 0. The molecule has 1 aromatic rings. The first kappa shape index (κ1) is 12.3. The van der Waals surface area contributed by atoms with Crippen LogP contribution in [0.25, 0.3) is 0 Å². The maximum atomic E-state index is 4.28. The Morgan fingerprint density at radius 2 is 2.00 bits per heavy atom. The van der Waals surface area contributed by atoms with Crippen LogP contribution in [0.5, 0.6) is 0 Å². The van der Waals surface area contributed by atoms with Crippen LogP contribution in [0.2, 0.25) is 0 Å². The van der Waals surface area contributed by atoms with Gasteiger partial charge in [0.05, 0.1) is 0 Å². The first-order valence-corrected chi connectivity index (χ1v) is 6.36. The number of aryl methyl sites for hydroxylation is 1. The van der Waals surface area contributed by atoms with E-state index in [1.54, 1.807) is 0 Å². The van der Waals surface area contributed by atoms with Gasteiger partial charge in [0.25, 0.3) is 0 Å². The number of anilines is 1. The highest BCUT2D eigenvalue weighted by molar-refractivity contribution is 5.24. The fourth-order valence-electron chi connectivity index (χ4n) is 1.89. The lowest BCUT2D eigenvalue weighted by molar-refractivity contribution is 0.249. The van der Waals surface area contributed by atoms with E-state index < -0.39 is 0 Å². The maximum absolute atomic E-state index is 4.28. The van der Waals surface area contributed by atoms with Crippen LogP contribution >= 0.6 is 0 Å². The van der Waals surface area contributed by atoms with Crippen molar-refractivity contribution in [3.63, 3.8) is 0 Å². The highest BCUT2D eigenvalue weighted by atomic mass is 15.2. The second-order valence-electron chi connectivity index (χ2n) is 4.29. The van der Waals surface area contributed by atoms with Gasteiger partial charge in [0.2, 0.25) is 5.95 Å². The summed E-state index contributed by atoms with van der Waals surface area (Å²) in [5, 5.41) is 6.61. The van der Waals surface area contributed by atoms with Crippen molar-refractivity contribution < 1.29 is 0 Å². The summed E-state index contributed by atoms with van der Waals surface area (Å²) in [5.41, 5.74) is 1.18. The summed E-state index contributed by atoms with van der Waals surface area (Å²) in [6.07, 6.45) is 4.77. The molecule has 1 aliphatic heterocycles. The van der Waals surface area contributed by atoms with Gasteiger partial charge < -0.3 is 10.6 Å². The Hall–Kier alpha value is -1.20. The number of rotatable bonds is 5. The van der Waals surface area contributed by atoms with Crippen LogP contribution in [-0.2, 0) is 6.42 Å². The van der Waals surface area contributed by atoms with E-state index in [0.717, 1.165) is 51.6 Å². The molecule has 94 valence electrons. The third-order valence-corrected chi connectivity index (χ3v) is 3.03. The van der Waals surface area contributed by atoms with Gasteiger partial charge in [0.15, 0.2) is 0 Å². The molecule has 0 radical (unpaired) electrons. The summed E-state index contributed by atoms with van der Waals surface area (Å²) in [5.74, 6) is 0.734. The number of hydrogen-bond acceptors (Lipinski definition) is 5. The van der Waals surface area contributed by atoms with Gasteiger partial charge in [-0.05, 0) is 12.0 Å². The lowest BCUT2D eigenvalue weighted by Gasteiger charge is -2.27. The Bertz CT molecular complexity index is 318. The molecule has 17 heavy (non-hydrogen) atoms. The summed E-state index contributed by atoms with van der Waals surface area (Å²) in [6.45, 7) is 8.54. The smallest absolute Gasteiger partial charge is 0.222 e. The molecule has 0 aromatic carbocycles. The molecule has 0 saturated carbocycles. The number of aromatic nitrogens is 2. The molecule has 5 heteroatoms. The van der Waals surface area contributed by atoms with Crippen molar-refractivity contribution in [2.24, 2.45) is 0 Å². The summed E-state index contributed by atoms with van der Waals surface area (Å²) in [6, 6.07) is 0. The van der Waals surface area contributed by atoms with E-state index in [4.69, 9.17) is 0 Å². The second kappa shape index (κ2) is 6.51. The van der Waals surface area contributed by atoms with E-state index in [1.165, 1.54) is 5.56 Å². The van der Waals surface area contributed by atoms with Gasteiger partial charge in [-0.2, -0.15) is 0 Å². The van der Waals surface area contributed by atoms with Crippen LogP contribution in [0.15, 0.2) is 12.4 Å². The highest BCUT2D eigenvalue weighted by Crippen LogP contribution is 2.00. The number of nitrogens with one attached hydrogen (secondary N) is 2. The Kier molecular flexibility index (Phi) is 4.70. The van der Waals surface area contributed by atoms with Gasteiger partial charge >= 0.3 is 0 Å². The van der Waals surface area contributed by atoms with Crippen LogP contribution < -0.4 is 10.6 Å². The van der Waals surface area contributed by atoms with Crippen molar-refractivity contribution in [1.29, 1.82) is 0 Å². The fraction of sp³-hybridized carbons (Fsp3) is 0.667. The zero-order valence-electron chi connectivity index (χ0n) is 10.4. The van der Waals surface area contributed by atoms with Gasteiger partial charge in [-0.25, -0.2) is 9.97 Å². The monoisotopic (exact) mass is 235 g/mol. The van der Waals surface area contributed by atoms with Crippen LogP contribution in [0.1, 0.15) is 12.5 Å². The Morgan fingerprint density at radius 3 is 2.65 bits per heavy atom. The molecule has 2 N–H and O–H groups in total. The predicted molar refractivity (Wildman–Crippen MR) is 69.2 cm³/mol. The minimum absolute atomic E-state index is 0.734. The second-order valence-corrected chi connectivity index (χ2v) is 4.29. The van der Waals surface area contributed by atoms with Crippen LogP contribution in [0.4, 0.5) is 5.95 Å². The third kappa shape index (κ3) is 3.94. The first-order chi connectivity index (χ1) is 8.38. The van der Waals surface area contributed by atoms with Gasteiger partial charge in [0.1, 0.15) is 0 Å². The Labute approximate surface area is 103 Å². The van der Waals surface area contributed by atoms with E-state index in [1.807, 2.05) is 12.4 Å². The lowest BCUT2D eigenvalue weighted by atomic mass is 10.3. The SMILES string of the molecule is CCc1cnc(NCCN2CCNCC2)nc1. The fourth-order valence-corrected chi connectivity index (χ4v) is 1.89. The van der Waals surface area contributed by atoms with Crippen molar-refractivity contribution in [2.45, 2.75) is 13.3 Å². The van der Waals surface area contributed by atoms with Crippen molar-refractivity contribution in [3.05, 3.63) is 18.0 Å². The molecule has 0 atom stereocenters. The molecular formula is C12H21N5. The lowest BCUT2D eigenvalue weighted by Crippen LogP contribution is -2.45. The van der Waals surface area contributed by atoms with E-state index in [0.29, 0.717) is 0 Å². The van der Waals surface area contributed by atoms with Crippen LogP contribution in [0.3, 0.4) is 0 Å². The van der Waals surface area contributed by atoms with Crippen LogP contribution in [0, 0.1) is 0 Å². The molecular weight excluding hydrogens is 214 g/mol. The quantitative estimate of drug-likeness (QED) is 0.771. The molecule has 0 bridgehead atoms. The van der Waals surface area contributed by atoms with Crippen LogP contribution in [-0.4, -0.2) is 54.1 Å². The first-order valence-electron chi connectivity index (χ1n) is 6.36. The molecule has 2 rings (SSSR count). The number of nitrogens with zero attached hydrogens (tertiary/aromatic N) is 3. The third-order valence-electron chi connectivity index (χ3n) is 3.03. The summed E-state index contributed by atoms with van der Waals surface area (Å²) >= 11 is 0. The van der Waals surface area contributed by atoms with Gasteiger partial charge in [-0.1, -0.05) is 6.92 Å². The van der Waals surface area contributed by atoms with Crippen molar-refractivity contribution in [3.8, 4) is 0 Å². The molecule has 0 aliphatic carbocycles. The molecule has 2 heterocycles. The van der Waals surface area contributed by atoms with E-state index in [9.17, 15) is 0 Å². The molecule has 0 unspecified atom stereocenters. The molecule has 0 amide bonds. The van der Waals surface area contributed by atoms with Gasteiger partial charge in [0, 0.05) is 51.7 Å². The minimum atomic E-state index is 0.734. The normalized spacial score (nSPS) is 17.0. The largest absolute Gasteiger partial charge is 0.353 e. The van der Waals surface area contributed by atoms with E-state index in [2.05, 4.69) is 32.4 Å². The average molecular weight is 235 g/mol. The topological polar surface area (TPSA) is 53.1 Å². The summed E-state index contributed by atoms with van der Waals surface area (Å²) in [7, 11) is 0.